The predicted octanol–water partition coefficient (Wildman–Crippen LogP) is 9.77. The Morgan fingerprint density at radius 3 is 2.03 bits per heavy atom. The first-order valence-corrected chi connectivity index (χ1v) is 23.0. The van der Waals surface area contributed by atoms with Gasteiger partial charge in [-0.2, -0.15) is 0 Å². The number of aromatic nitrogens is 4. The highest BCUT2D eigenvalue weighted by molar-refractivity contribution is 5.85. The van der Waals surface area contributed by atoms with Crippen molar-refractivity contribution in [1.29, 1.82) is 0 Å². The standard InChI is InChI=1S/C52H60N8O2/c1-4-53-46(37-17-9-7-10-18-37)51(61)59-31-16-24-45(59)50-55-42-22-14-13-21-40-33-39(29-30-41(40)47(42)57-50)35-25-27-36(28-26-35)43-34-54-49(56-43)44-23-15-32-60(44)52(62)48(58(5-2)6-3)38-19-11-8-12-20-38/h7-12,17-20,25-30,33-34,44-46,48,53H,4-6,13-16,21-24,31-32H2,1-3H3,(H,54,56)(H,55,57)/t44-,45-,46+,48+/m0/s1. The average molecular weight is 829 g/mol. The third-order valence-corrected chi connectivity index (χ3v) is 13.4. The molecule has 9 rings (SSSR count). The minimum atomic E-state index is -0.376. The van der Waals surface area contributed by atoms with Crippen molar-refractivity contribution >= 4 is 11.8 Å². The fourth-order valence-electron chi connectivity index (χ4n) is 10.2. The van der Waals surface area contributed by atoms with Crippen LogP contribution in [0.25, 0.3) is 33.6 Å². The summed E-state index contributed by atoms with van der Waals surface area (Å²) in [5.74, 6) is 2.02. The molecule has 4 aromatic carbocycles. The lowest BCUT2D eigenvalue weighted by molar-refractivity contribution is -0.138. The first-order valence-electron chi connectivity index (χ1n) is 23.0. The molecule has 10 nitrogen and oxygen atoms in total. The van der Waals surface area contributed by atoms with Crippen molar-refractivity contribution in [1.82, 2.24) is 40.0 Å². The van der Waals surface area contributed by atoms with Gasteiger partial charge >= 0.3 is 0 Å². The molecule has 62 heavy (non-hydrogen) atoms. The lowest BCUT2D eigenvalue weighted by Gasteiger charge is -2.34. The van der Waals surface area contributed by atoms with E-state index in [1.54, 1.807) is 0 Å². The molecule has 0 bridgehead atoms. The van der Waals surface area contributed by atoms with Crippen LogP contribution in [0.3, 0.4) is 0 Å². The molecule has 2 saturated heterocycles. The van der Waals surface area contributed by atoms with Gasteiger partial charge in [0.15, 0.2) is 0 Å². The Hall–Kier alpha value is -5.84. The van der Waals surface area contributed by atoms with Crippen molar-refractivity contribution in [3.63, 3.8) is 0 Å². The van der Waals surface area contributed by atoms with Crippen LogP contribution in [0.15, 0.2) is 109 Å². The predicted molar refractivity (Wildman–Crippen MR) is 246 cm³/mol. The van der Waals surface area contributed by atoms with Crippen LogP contribution in [0.2, 0.25) is 0 Å². The highest BCUT2D eigenvalue weighted by Gasteiger charge is 2.39. The van der Waals surface area contributed by atoms with Gasteiger partial charge in [0.05, 0.1) is 29.7 Å². The zero-order valence-electron chi connectivity index (χ0n) is 36.4. The van der Waals surface area contributed by atoms with E-state index in [1.165, 1.54) is 22.4 Å². The lowest BCUT2D eigenvalue weighted by Crippen LogP contribution is -2.43. The van der Waals surface area contributed by atoms with Gasteiger partial charge in [0.2, 0.25) is 11.8 Å². The molecule has 2 aliphatic heterocycles. The number of likely N-dealkylation sites (N-methyl/N-ethyl adjacent to an activating group) is 2. The summed E-state index contributed by atoms with van der Waals surface area (Å²) in [6.07, 6.45) is 9.75. The largest absolute Gasteiger partial charge is 0.344 e. The molecule has 2 aromatic heterocycles. The number of benzene rings is 4. The second kappa shape index (κ2) is 18.6. The van der Waals surface area contributed by atoms with E-state index in [0.29, 0.717) is 6.54 Å². The molecule has 0 spiro atoms. The summed E-state index contributed by atoms with van der Waals surface area (Å²) in [6.45, 7) is 10.1. The average Bonchev–Trinajstić information content (AvgIpc) is 4.16. The summed E-state index contributed by atoms with van der Waals surface area (Å²) in [7, 11) is 0. The highest BCUT2D eigenvalue weighted by Crippen LogP contribution is 2.39. The smallest absolute Gasteiger partial charge is 0.245 e. The number of rotatable bonds is 13. The maximum absolute atomic E-state index is 14.3. The second-order valence-corrected chi connectivity index (χ2v) is 17.1. The molecule has 0 radical (unpaired) electrons. The Morgan fingerprint density at radius 1 is 0.710 bits per heavy atom. The molecule has 6 aromatic rings. The fraction of sp³-hybridized carbons (Fsp3) is 0.385. The highest BCUT2D eigenvalue weighted by atomic mass is 16.2. The van der Waals surface area contributed by atoms with E-state index in [1.807, 2.05) is 64.5 Å². The number of aromatic amines is 2. The fourth-order valence-corrected chi connectivity index (χ4v) is 10.2. The number of nitrogens with one attached hydrogen (secondary N) is 3. The van der Waals surface area contributed by atoms with E-state index < -0.39 is 0 Å². The zero-order chi connectivity index (χ0) is 42.6. The maximum atomic E-state index is 14.3. The zero-order valence-corrected chi connectivity index (χ0v) is 36.4. The van der Waals surface area contributed by atoms with Gasteiger partial charge in [-0.1, -0.05) is 124 Å². The molecule has 0 unspecified atom stereocenters. The van der Waals surface area contributed by atoms with Gasteiger partial charge in [0.1, 0.15) is 23.7 Å². The Morgan fingerprint density at radius 2 is 1.34 bits per heavy atom. The maximum Gasteiger partial charge on any atom is 0.245 e. The van der Waals surface area contributed by atoms with E-state index in [0.717, 1.165) is 123 Å². The van der Waals surface area contributed by atoms with Crippen LogP contribution >= 0.6 is 0 Å². The summed E-state index contributed by atoms with van der Waals surface area (Å²) >= 11 is 0. The molecule has 0 saturated carbocycles. The number of hydrogen-bond acceptors (Lipinski definition) is 6. The summed E-state index contributed by atoms with van der Waals surface area (Å²) in [6, 6.07) is 35.0. The number of hydrogen-bond donors (Lipinski definition) is 3. The number of likely N-dealkylation sites (tertiary alicyclic amines) is 2. The minimum absolute atomic E-state index is 0.0723. The minimum Gasteiger partial charge on any atom is -0.344 e. The SMILES string of the molecule is CCN[C@@H](C(=O)N1CCC[C@H]1c1nc2c([nH]1)CCCCc1cc(-c3ccc(-c4cnc([C@@H]5CCCN5C(=O)[C@@H](c5ccccc5)N(CC)CC)[nH]4)cc3)ccc1-2)c1ccccc1. The molecule has 1 aliphatic carbocycles. The van der Waals surface area contributed by atoms with Crippen molar-refractivity contribution in [2.45, 2.75) is 96.3 Å². The first kappa shape index (κ1) is 41.5. The lowest BCUT2D eigenvalue weighted by atomic mass is 9.90. The van der Waals surface area contributed by atoms with E-state index in [-0.39, 0.29) is 36.0 Å². The van der Waals surface area contributed by atoms with Crippen molar-refractivity contribution in [3.8, 4) is 33.6 Å². The van der Waals surface area contributed by atoms with Gasteiger partial charge in [-0.25, -0.2) is 9.97 Å². The van der Waals surface area contributed by atoms with Crippen LogP contribution < -0.4 is 5.32 Å². The Kier molecular flexibility index (Phi) is 12.5. The van der Waals surface area contributed by atoms with E-state index >= 15 is 0 Å². The number of H-pyrrole nitrogens is 2. The normalized spacial score (nSPS) is 18.6. The number of amides is 2. The monoisotopic (exact) mass is 828 g/mol. The molecule has 320 valence electrons. The molecule has 4 heterocycles. The van der Waals surface area contributed by atoms with Crippen molar-refractivity contribution < 1.29 is 9.59 Å². The topological polar surface area (TPSA) is 113 Å². The van der Waals surface area contributed by atoms with Crippen LogP contribution in [0.5, 0.6) is 0 Å². The molecular formula is C52H60N8O2. The number of fused-ring (bicyclic) bond motifs is 3. The van der Waals surface area contributed by atoms with Crippen LogP contribution in [0.1, 0.15) is 117 Å². The van der Waals surface area contributed by atoms with Gasteiger partial charge in [-0.3, -0.25) is 14.5 Å². The van der Waals surface area contributed by atoms with Crippen LogP contribution in [-0.4, -0.2) is 79.2 Å². The molecule has 2 amide bonds. The number of carbonyl (C=O) groups is 2. The number of aryl methyl sites for hydroxylation is 2. The summed E-state index contributed by atoms with van der Waals surface area (Å²) in [5.41, 5.74) is 11.1. The van der Waals surface area contributed by atoms with Crippen molar-refractivity contribution in [3.05, 3.63) is 143 Å². The molecule has 4 atom stereocenters. The third-order valence-electron chi connectivity index (χ3n) is 13.4. The van der Waals surface area contributed by atoms with E-state index in [2.05, 4.69) is 95.6 Å². The van der Waals surface area contributed by atoms with Crippen LogP contribution in [0.4, 0.5) is 0 Å². The third kappa shape index (κ3) is 8.26. The summed E-state index contributed by atoms with van der Waals surface area (Å²) < 4.78 is 0. The number of imidazole rings is 2. The van der Waals surface area contributed by atoms with Crippen LogP contribution in [-0.2, 0) is 22.4 Å². The molecule has 2 fully saturated rings. The van der Waals surface area contributed by atoms with Gasteiger partial charge in [0, 0.05) is 24.3 Å². The van der Waals surface area contributed by atoms with Gasteiger partial charge in [-0.15, -0.1) is 0 Å². The van der Waals surface area contributed by atoms with E-state index in [9.17, 15) is 9.59 Å². The summed E-state index contributed by atoms with van der Waals surface area (Å²) in [4.78, 5) is 52.3. The van der Waals surface area contributed by atoms with E-state index in [4.69, 9.17) is 9.97 Å². The quantitative estimate of drug-likeness (QED) is 0.107. The Labute approximate surface area is 366 Å². The Balaban J connectivity index is 0.922. The summed E-state index contributed by atoms with van der Waals surface area (Å²) in [5, 5.41) is 3.45. The van der Waals surface area contributed by atoms with Crippen molar-refractivity contribution in [2.75, 3.05) is 32.7 Å². The van der Waals surface area contributed by atoms with Gasteiger partial charge < -0.3 is 25.1 Å². The molecule has 10 heteroatoms. The molecular weight excluding hydrogens is 769 g/mol. The first-order chi connectivity index (χ1) is 30.4. The van der Waals surface area contributed by atoms with Gasteiger partial charge in [-0.05, 0) is 104 Å². The Bertz CT molecular complexity index is 2460. The van der Waals surface area contributed by atoms with Gasteiger partial charge in [0.25, 0.3) is 0 Å². The molecule has 3 aliphatic rings. The van der Waals surface area contributed by atoms with Crippen LogP contribution in [0, 0.1) is 0 Å². The van der Waals surface area contributed by atoms with Crippen molar-refractivity contribution in [2.24, 2.45) is 0 Å². The molecule has 3 N–H and O–H groups in total. The number of carbonyl (C=O) groups excluding carboxylic acids is 2. The second-order valence-electron chi connectivity index (χ2n) is 17.1. The number of nitrogens with zero attached hydrogens (tertiary/aromatic N) is 5.